The first kappa shape index (κ1) is 25.0. The average Bonchev–Trinajstić information content (AvgIpc) is 3.48. The number of rotatable bonds is 4. The zero-order valence-electron chi connectivity index (χ0n) is 20.3. The molecule has 9 heteroatoms. The van der Waals surface area contributed by atoms with Gasteiger partial charge in [-0.3, -0.25) is 24.0 Å². The number of Topliss-reactive ketones (excluding diaryl/α,β-unsaturated/α-hetero) is 2. The number of carbonyl (C=O) groups excluding carboxylic acids is 5. The van der Waals surface area contributed by atoms with Gasteiger partial charge in [0.1, 0.15) is 6.10 Å². The van der Waals surface area contributed by atoms with E-state index in [1.54, 1.807) is 6.92 Å². The van der Waals surface area contributed by atoms with Crippen molar-refractivity contribution in [1.29, 1.82) is 0 Å². The van der Waals surface area contributed by atoms with E-state index >= 15 is 0 Å². The molecule has 1 N–H and O–H groups in total. The molecule has 1 spiro atoms. The van der Waals surface area contributed by atoms with Crippen LogP contribution in [0.3, 0.4) is 0 Å². The molecule has 0 saturated heterocycles. The summed E-state index contributed by atoms with van der Waals surface area (Å²) in [6.45, 7) is 13.3. The van der Waals surface area contributed by atoms with Crippen LogP contribution in [-0.2, 0) is 38.2 Å². The fourth-order valence-corrected chi connectivity index (χ4v) is 6.39. The van der Waals surface area contributed by atoms with Gasteiger partial charge >= 0.3 is 17.9 Å². The van der Waals surface area contributed by atoms with E-state index in [0.717, 1.165) is 13.8 Å². The van der Waals surface area contributed by atoms with Crippen molar-refractivity contribution in [3.05, 3.63) is 35.5 Å². The maximum Gasteiger partial charge on any atom is 0.303 e. The Morgan fingerprint density at radius 2 is 1.69 bits per heavy atom. The Balaban J connectivity index is 1.92. The summed E-state index contributed by atoms with van der Waals surface area (Å²) in [5.74, 6) is -4.39. The molecule has 4 rings (SSSR count). The van der Waals surface area contributed by atoms with Crippen molar-refractivity contribution >= 4 is 29.5 Å². The third-order valence-corrected chi connectivity index (χ3v) is 8.08. The number of carbonyl (C=O) groups is 5. The lowest BCUT2D eigenvalue weighted by molar-refractivity contribution is -0.166. The SMILES string of the molecule is C=C1CCC2(C)C3=C(C(=O)C4(CC4COC(C)=O)C(OC(C)=O)C3=O)C(OC(C)=O)C(O)C2C1=C. The maximum absolute atomic E-state index is 14.2. The fraction of sp³-hybridized carbons (Fsp3) is 0.577. The summed E-state index contributed by atoms with van der Waals surface area (Å²) >= 11 is 0. The predicted molar refractivity (Wildman–Crippen MR) is 120 cm³/mol. The molecule has 0 radical (unpaired) electrons. The van der Waals surface area contributed by atoms with Crippen LogP contribution in [0.4, 0.5) is 0 Å². The normalized spacial score (nSPS) is 38.0. The Labute approximate surface area is 203 Å². The number of hydrogen-bond donors (Lipinski definition) is 1. The quantitative estimate of drug-likeness (QED) is 0.466. The van der Waals surface area contributed by atoms with Crippen LogP contribution in [0.5, 0.6) is 0 Å². The van der Waals surface area contributed by atoms with E-state index in [-0.39, 0.29) is 24.2 Å². The second-order valence-electron chi connectivity index (χ2n) is 10.3. The summed E-state index contributed by atoms with van der Waals surface area (Å²) in [5.41, 5.74) is -1.19. The second-order valence-corrected chi connectivity index (χ2v) is 10.3. The number of hydrogen-bond acceptors (Lipinski definition) is 9. The Kier molecular flexibility index (Phi) is 5.91. The van der Waals surface area contributed by atoms with Crippen LogP contribution in [0, 0.1) is 22.7 Å². The van der Waals surface area contributed by atoms with E-state index in [4.69, 9.17) is 14.2 Å². The highest BCUT2D eigenvalue weighted by atomic mass is 16.6. The minimum absolute atomic E-state index is 0.0644. The number of aliphatic hydroxyl groups is 1. The molecule has 188 valence electrons. The van der Waals surface area contributed by atoms with Crippen LogP contribution in [0.25, 0.3) is 0 Å². The molecule has 7 unspecified atom stereocenters. The molecule has 7 atom stereocenters. The standard InChI is InChI=1S/C26H30O9/c1-11-7-8-25(6)18(12(11)2)20(30)22(34-14(4)28)17-19(25)21(31)24(35-15(5)29)26(23(17)32)9-16(26)10-33-13(3)27/h16,18,20,22,24,30H,1-2,7-10H2,3-6H3. The van der Waals surface area contributed by atoms with Gasteiger partial charge in [-0.25, -0.2) is 0 Å². The lowest BCUT2D eigenvalue weighted by Gasteiger charge is -2.54. The molecular weight excluding hydrogens is 456 g/mol. The van der Waals surface area contributed by atoms with Gasteiger partial charge in [0, 0.05) is 49.2 Å². The maximum atomic E-state index is 14.2. The van der Waals surface area contributed by atoms with Gasteiger partial charge in [0.2, 0.25) is 5.78 Å². The van der Waals surface area contributed by atoms with Gasteiger partial charge in [-0.15, -0.1) is 0 Å². The summed E-state index contributed by atoms with van der Waals surface area (Å²) in [6, 6.07) is 0. The van der Waals surface area contributed by atoms with E-state index < -0.39 is 70.5 Å². The molecule has 4 aliphatic carbocycles. The molecule has 0 aromatic heterocycles. The first-order valence-electron chi connectivity index (χ1n) is 11.6. The highest BCUT2D eigenvalue weighted by molar-refractivity contribution is 6.20. The minimum Gasteiger partial charge on any atom is -0.466 e. The molecule has 0 aromatic rings. The van der Waals surface area contributed by atoms with Gasteiger partial charge in [0.15, 0.2) is 18.0 Å². The summed E-state index contributed by atoms with van der Waals surface area (Å²) < 4.78 is 16.0. The van der Waals surface area contributed by atoms with Crippen LogP contribution in [0.15, 0.2) is 35.5 Å². The van der Waals surface area contributed by atoms with Gasteiger partial charge in [0.05, 0.1) is 12.0 Å². The third-order valence-electron chi connectivity index (χ3n) is 8.08. The second kappa shape index (κ2) is 8.26. The monoisotopic (exact) mass is 486 g/mol. The molecule has 0 heterocycles. The Morgan fingerprint density at radius 3 is 2.26 bits per heavy atom. The fourth-order valence-electron chi connectivity index (χ4n) is 6.39. The number of ether oxygens (including phenoxy) is 3. The number of aliphatic hydroxyl groups excluding tert-OH is 1. The minimum atomic E-state index is -1.45. The van der Waals surface area contributed by atoms with Gasteiger partial charge in [-0.2, -0.15) is 0 Å². The smallest absolute Gasteiger partial charge is 0.303 e. The van der Waals surface area contributed by atoms with Crippen molar-refractivity contribution < 1.29 is 43.3 Å². The van der Waals surface area contributed by atoms with Crippen LogP contribution in [-0.4, -0.2) is 59.5 Å². The molecule has 0 aliphatic heterocycles. The van der Waals surface area contributed by atoms with E-state index in [9.17, 15) is 29.1 Å². The van der Waals surface area contributed by atoms with E-state index in [0.29, 0.717) is 24.0 Å². The van der Waals surface area contributed by atoms with Crippen LogP contribution < -0.4 is 0 Å². The van der Waals surface area contributed by atoms with Gasteiger partial charge < -0.3 is 19.3 Å². The van der Waals surface area contributed by atoms with Crippen LogP contribution in [0.2, 0.25) is 0 Å². The van der Waals surface area contributed by atoms with Crippen molar-refractivity contribution in [1.82, 2.24) is 0 Å². The van der Waals surface area contributed by atoms with Crippen LogP contribution in [0.1, 0.15) is 47.0 Å². The van der Waals surface area contributed by atoms with Crippen molar-refractivity contribution in [2.45, 2.75) is 65.3 Å². The number of allylic oxidation sites excluding steroid dienone is 1. The number of fused-ring (bicyclic) bond motifs is 2. The molecule has 35 heavy (non-hydrogen) atoms. The Bertz CT molecular complexity index is 1110. The first-order valence-corrected chi connectivity index (χ1v) is 11.6. The van der Waals surface area contributed by atoms with E-state index in [2.05, 4.69) is 13.2 Å². The molecule has 2 fully saturated rings. The Hall–Kier alpha value is -3.07. The topological polar surface area (TPSA) is 133 Å². The molecule has 0 bridgehead atoms. The molecule has 2 saturated carbocycles. The zero-order valence-corrected chi connectivity index (χ0v) is 20.3. The van der Waals surface area contributed by atoms with E-state index in [1.807, 2.05) is 0 Å². The molecule has 0 amide bonds. The predicted octanol–water partition coefficient (Wildman–Crippen LogP) is 1.77. The highest BCUT2D eigenvalue weighted by Crippen LogP contribution is 2.66. The molecule has 9 nitrogen and oxygen atoms in total. The summed E-state index contributed by atoms with van der Waals surface area (Å²) in [5, 5.41) is 11.4. The van der Waals surface area contributed by atoms with Crippen molar-refractivity contribution in [2.24, 2.45) is 22.7 Å². The lowest BCUT2D eigenvalue weighted by atomic mass is 9.50. The van der Waals surface area contributed by atoms with Gasteiger partial charge in [-0.05, 0) is 24.8 Å². The summed E-state index contributed by atoms with van der Waals surface area (Å²) in [7, 11) is 0. The van der Waals surface area contributed by atoms with Gasteiger partial charge in [0.25, 0.3) is 0 Å². The first-order chi connectivity index (χ1) is 16.3. The molecule has 0 aromatic carbocycles. The zero-order chi connectivity index (χ0) is 26.0. The number of esters is 3. The molecule has 4 aliphatic rings. The average molecular weight is 487 g/mol. The van der Waals surface area contributed by atoms with Crippen molar-refractivity contribution in [3.8, 4) is 0 Å². The number of ketones is 2. The van der Waals surface area contributed by atoms with Crippen LogP contribution >= 0.6 is 0 Å². The largest absolute Gasteiger partial charge is 0.466 e. The lowest BCUT2D eigenvalue weighted by Crippen LogP contribution is -2.61. The van der Waals surface area contributed by atoms with Crippen molar-refractivity contribution in [3.63, 3.8) is 0 Å². The van der Waals surface area contributed by atoms with Gasteiger partial charge in [-0.1, -0.05) is 25.7 Å². The molecular formula is C26H30O9. The third kappa shape index (κ3) is 3.59. The summed E-state index contributed by atoms with van der Waals surface area (Å²) in [4.78, 5) is 63.7. The van der Waals surface area contributed by atoms with Crippen molar-refractivity contribution in [2.75, 3.05) is 6.61 Å². The Morgan fingerprint density at radius 1 is 1.06 bits per heavy atom. The van der Waals surface area contributed by atoms with E-state index in [1.165, 1.54) is 6.92 Å². The highest BCUT2D eigenvalue weighted by Gasteiger charge is 2.74. The summed E-state index contributed by atoms with van der Waals surface area (Å²) in [6.07, 6.45) is -3.11.